The number of nitrogens with zero attached hydrogens (tertiary/aromatic N) is 2. The summed E-state index contributed by atoms with van der Waals surface area (Å²) in [5.74, 6) is 1.87. The van der Waals surface area contributed by atoms with Crippen molar-refractivity contribution in [1.82, 2.24) is 9.29 Å². The summed E-state index contributed by atoms with van der Waals surface area (Å²) in [4.78, 5) is 5.13. The van der Waals surface area contributed by atoms with Crippen LogP contribution in [0.15, 0.2) is 51.2 Å². The van der Waals surface area contributed by atoms with Crippen LogP contribution in [-0.2, 0) is 23.0 Å². The van der Waals surface area contributed by atoms with Crippen molar-refractivity contribution in [2.24, 2.45) is 0 Å². The second-order valence-electron chi connectivity index (χ2n) is 6.81. The average molecular weight is 386 g/mol. The maximum Gasteiger partial charge on any atom is 0.252 e. The second-order valence-corrected chi connectivity index (χ2v) is 10.1. The molecule has 1 saturated carbocycles. The molecule has 0 saturated heterocycles. The lowest BCUT2D eigenvalue weighted by Gasteiger charge is -2.27. The fourth-order valence-corrected chi connectivity index (χ4v) is 6.14. The number of oxazole rings is 1. The van der Waals surface area contributed by atoms with Crippen LogP contribution < -0.4 is 0 Å². The average Bonchev–Trinajstić information content (AvgIpc) is 3.19. The Morgan fingerprint density at radius 1 is 1.12 bits per heavy atom. The first-order chi connectivity index (χ1) is 12.6. The quantitative estimate of drug-likeness (QED) is 0.679. The zero-order valence-corrected chi connectivity index (χ0v) is 15.7. The summed E-state index contributed by atoms with van der Waals surface area (Å²) in [5, 5.41) is 0. The van der Waals surface area contributed by atoms with Crippen LogP contribution in [0, 0.1) is 0 Å². The highest BCUT2D eigenvalue weighted by molar-refractivity contribution is 7.91. The molecule has 2 aromatic heterocycles. The van der Waals surface area contributed by atoms with Gasteiger partial charge in [0.15, 0.2) is 11.7 Å². The number of sulfonamides is 1. The van der Waals surface area contributed by atoms with Crippen molar-refractivity contribution >= 4 is 21.4 Å². The summed E-state index contributed by atoms with van der Waals surface area (Å²) in [6.45, 7) is 0.945. The fourth-order valence-electron chi connectivity index (χ4n) is 3.31. The van der Waals surface area contributed by atoms with E-state index in [0.29, 0.717) is 29.0 Å². The van der Waals surface area contributed by atoms with Gasteiger partial charge in [0.2, 0.25) is 0 Å². The van der Waals surface area contributed by atoms with Crippen LogP contribution in [0.25, 0.3) is 10.6 Å². The Balaban J connectivity index is 1.41. The third-order valence-corrected chi connectivity index (χ3v) is 8.38. The standard InChI is InChI=1S/C19H18N2O3S2/c22-26(23,21-10-9-13-3-1-2-4-15(13)12-21)18-8-7-17(25-18)16-11-20-19(24-16)14-5-6-14/h1-4,7-8,11,14H,5-6,9-10,12H2. The molecule has 0 radical (unpaired) electrons. The molecule has 1 aliphatic heterocycles. The van der Waals surface area contributed by atoms with E-state index in [9.17, 15) is 8.42 Å². The van der Waals surface area contributed by atoms with Crippen molar-refractivity contribution in [2.75, 3.05) is 6.54 Å². The Morgan fingerprint density at radius 2 is 1.92 bits per heavy atom. The number of fused-ring (bicyclic) bond motifs is 1. The molecular formula is C19H18N2O3S2. The van der Waals surface area contributed by atoms with Gasteiger partial charge >= 0.3 is 0 Å². The number of thiophene rings is 1. The Morgan fingerprint density at radius 3 is 2.73 bits per heavy atom. The molecule has 1 aliphatic carbocycles. The summed E-state index contributed by atoms with van der Waals surface area (Å²) in [6.07, 6.45) is 4.70. The monoisotopic (exact) mass is 386 g/mol. The van der Waals surface area contributed by atoms with E-state index in [-0.39, 0.29) is 0 Å². The molecule has 5 nitrogen and oxygen atoms in total. The van der Waals surface area contributed by atoms with E-state index in [0.717, 1.165) is 35.6 Å². The van der Waals surface area contributed by atoms with Crippen molar-refractivity contribution in [3.63, 3.8) is 0 Å². The number of aromatic nitrogens is 1. The van der Waals surface area contributed by atoms with E-state index in [1.807, 2.05) is 24.3 Å². The predicted molar refractivity (Wildman–Crippen MR) is 99.5 cm³/mol. The van der Waals surface area contributed by atoms with E-state index < -0.39 is 10.0 Å². The lowest BCUT2D eigenvalue weighted by atomic mass is 10.0. The van der Waals surface area contributed by atoms with Gasteiger partial charge in [0.25, 0.3) is 10.0 Å². The third-order valence-electron chi connectivity index (χ3n) is 4.96. The van der Waals surface area contributed by atoms with Gasteiger partial charge in [-0.15, -0.1) is 11.3 Å². The highest BCUT2D eigenvalue weighted by Crippen LogP contribution is 2.41. The highest BCUT2D eigenvalue weighted by atomic mass is 32.2. The molecule has 5 rings (SSSR count). The molecule has 0 atom stereocenters. The van der Waals surface area contributed by atoms with E-state index in [1.165, 1.54) is 16.9 Å². The lowest BCUT2D eigenvalue weighted by molar-refractivity contribution is 0.392. The number of hydrogen-bond acceptors (Lipinski definition) is 5. The van der Waals surface area contributed by atoms with Crippen LogP contribution in [0.1, 0.15) is 35.8 Å². The van der Waals surface area contributed by atoms with E-state index >= 15 is 0 Å². The Hall–Kier alpha value is -1.96. The van der Waals surface area contributed by atoms with Crippen LogP contribution in [-0.4, -0.2) is 24.3 Å². The van der Waals surface area contributed by atoms with Crippen LogP contribution in [0.3, 0.4) is 0 Å². The van der Waals surface area contributed by atoms with E-state index in [1.54, 1.807) is 16.6 Å². The molecule has 0 bridgehead atoms. The molecule has 7 heteroatoms. The van der Waals surface area contributed by atoms with Crippen LogP contribution in [0.4, 0.5) is 0 Å². The summed E-state index contributed by atoms with van der Waals surface area (Å²) < 4.78 is 33.8. The normalized spacial score (nSPS) is 18.0. The first-order valence-electron chi connectivity index (χ1n) is 8.74. The van der Waals surface area contributed by atoms with Gasteiger partial charge in [-0.05, 0) is 42.5 Å². The number of rotatable bonds is 4. The van der Waals surface area contributed by atoms with Gasteiger partial charge in [0.05, 0.1) is 11.1 Å². The third kappa shape index (κ3) is 2.80. The van der Waals surface area contributed by atoms with Gasteiger partial charge in [0.1, 0.15) is 4.21 Å². The number of benzene rings is 1. The van der Waals surface area contributed by atoms with Gasteiger partial charge in [-0.1, -0.05) is 24.3 Å². The van der Waals surface area contributed by atoms with Gasteiger partial charge in [-0.25, -0.2) is 13.4 Å². The number of hydrogen-bond donors (Lipinski definition) is 0. The first kappa shape index (κ1) is 16.2. The van der Waals surface area contributed by atoms with Crippen LogP contribution in [0.5, 0.6) is 0 Å². The van der Waals surface area contributed by atoms with Gasteiger partial charge in [0, 0.05) is 19.0 Å². The van der Waals surface area contributed by atoms with Gasteiger partial charge in [-0.3, -0.25) is 0 Å². The van der Waals surface area contributed by atoms with Crippen molar-refractivity contribution in [3.05, 3.63) is 59.6 Å². The van der Waals surface area contributed by atoms with Crippen molar-refractivity contribution < 1.29 is 12.8 Å². The Kier molecular flexibility index (Phi) is 3.77. The Labute approximate surface area is 156 Å². The van der Waals surface area contributed by atoms with Crippen molar-refractivity contribution in [3.8, 4) is 10.6 Å². The SMILES string of the molecule is O=S(=O)(c1ccc(-c2cnc(C3CC3)o2)s1)N1CCc2ccccc2C1. The zero-order valence-electron chi connectivity index (χ0n) is 14.1. The first-order valence-corrected chi connectivity index (χ1v) is 11.0. The molecule has 0 N–H and O–H groups in total. The summed E-state index contributed by atoms with van der Waals surface area (Å²) in [6, 6.07) is 11.5. The molecule has 1 aromatic carbocycles. The summed E-state index contributed by atoms with van der Waals surface area (Å²) in [7, 11) is -3.50. The summed E-state index contributed by atoms with van der Waals surface area (Å²) in [5.41, 5.74) is 2.32. The van der Waals surface area contributed by atoms with Gasteiger partial charge < -0.3 is 4.42 Å². The molecule has 0 unspecified atom stereocenters. The van der Waals surface area contributed by atoms with E-state index in [4.69, 9.17) is 4.42 Å². The molecule has 3 aromatic rings. The Bertz CT molecular complexity index is 1060. The molecule has 26 heavy (non-hydrogen) atoms. The molecule has 2 aliphatic rings. The fraction of sp³-hybridized carbons (Fsp3) is 0.316. The molecule has 0 amide bonds. The van der Waals surface area contributed by atoms with Gasteiger partial charge in [-0.2, -0.15) is 4.31 Å². The molecule has 3 heterocycles. The largest absolute Gasteiger partial charge is 0.440 e. The minimum Gasteiger partial charge on any atom is -0.440 e. The van der Waals surface area contributed by atoms with Crippen LogP contribution >= 0.6 is 11.3 Å². The van der Waals surface area contributed by atoms with Crippen molar-refractivity contribution in [1.29, 1.82) is 0 Å². The van der Waals surface area contributed by atoms with E-state index in [2.05, 4.69) is 11.1 Å². The second kappa shape index (κ2) is 6.04. The van der Waals surface area contributed by atoms with Crippen LogP contribution in [0.2, 0.25) is 0 Å². The minimum absolute atomic E-state index is 0.358. The molecular weight excluding hydrogens is 368 g/mol. The molecule has 0 spiro atoms. The lowest BCUT2D eigenvalue weighted by Crippen LogP contribution is -2.35. The maximum atomic E-state index is 13.1. The molecule has 1 fully saturated rings. The highest BCUT2D eigenvalue weighted by Gasteiger charge is 2.31. The maximum absolute atomic E-state index is 13.1. The molecule has 134 valence electrons. The zero-order chi connectivity index (χ0) is 17.7. The van der Waals surface area contributed by atoms with Crippen molar-refractivity contribution in [2.45, 2.75) is 35.9 Å². The minimum atomic E-state index is -3.50. The smallest absolute Gasteiger partial charge is 0.252 e. The predicted octanol–water partition coefficient (Wildman–Crippen LogP) is 4.03. The topological polar surface area (TPSA) is 63.4 Å². The summed E-state index contributed by atoms with van der Waals surface area (Å²) >= 11 is 1.25.